The highest BCUT2D eigenvalue weighted by Crippen LogP contribution is 2.28. The van der Waals surface area contributed by atoms with Crippen molar-refractivity contribution in [2.24, 2.45) is 0 Å². The predicted octanol–water partition coefficient (Wildman–Crippen LogP) is 3.93. The number of aromatic nitrogens is 2. The molecular formula is C20H14N2O3. The molecule has 0 aliphatic carbocycles. The third-order valence-electron chi connectivity index (χ3n) is 3.79. The molecule has 0 saturated heterocycles. The lowest BCUT2D eigenvalue weighted by Gasteiger charge is -2.18. The molecule has 0 spiro atoms. The highest BCUT2D eigenvalue weighted by molar-refractivity contribution is 6.14. The molecule has 0 fully saturated rings. The number of carbonyl (C=O) groups excluding carboxylic acids is 1. The molecule has 1 aliphatic rings. The van der Waals surface area contributed by atoms with Crippen molar-refractivity contribution in [2.45, 2.75) is 0 Å². The summed E-state index contributed by atoms with van der Waals surface area (Å²) in [4.78, 5) is 20.6. The maximum Gasteiger partial charge on any atom is 0.237 e. The van der Waals surface area contributed by atoms with Crippen LogP contribution in [0.2, 0.25) is 0 Å². The van der Waals surface area contributed by atoms with Crippen LogP contribution in [0.3, 0.4) is 0 Å². The van der Waals surface area contributed by atoms with Crippen molar-refractivity contribution >= 4 is 11.9 Å². The van der Waals surface area contributed by atoms with E-state index in [4.69, 9.17) is 9.47 Å². The van der Waals surface area contributed by atoms with Gasteiger partial charge in [-0.2, -0.15) is 0 Å². The Morgan fingerprint density at radius 2 is 1.88 bits per heavy atom. The standard InChI is InChI=1S/C20H14N2O3/c23-20-15(13-24-18-4-2-1-3-17(18)20)11-14-5-7-16(8-6-14)25-19-12-21-9-10-22-19/h1-12H,13H2. The van der Waals surface area contributed by atoms with Gasteiger partial charge in [-0.15, -0.1) is 0 Å². The minimum absolute atomic E-state index is 0.00161. The Bertz CT molecular complexity index is 935. The van der Waals surface area contributed by atoms with Crippen LogP contribution in [0.4, 0.5) is 0 Å². The van der Waals surface area contributed by atoms with Crippen molar-refractivity contribution in [1.82, 2.24) is 9.97 Å². The Morgan fingerprint density at radius 1 is 1.04 bits per heavy atom. The summed E-state index contributed by atoms with van der Waals surface area (Å²) in [5, 5.41) is 0. The van der Waals surface area contributed by atoms with Gasteiger partial charge in [-0.05, 0) is 35.9 Å². The average Bonchev–Trinajstić information content (AvgIpc) is 2.67. The first-order chi connectivity index (χ1) is 12.3. The molecule has 2 heterocycles. The topological polar surface area (TPSA) is 61.3 Å². The van der Waals surface area contributed by atoms with Gasteiger partial charge in [0.05, 0.1) is 11.8 Å². The van der Waals surface area contributed by atoms with Crippen LogP contribution in [0.25, 0.3) is 6.08 Å². The number of hydrogen-bond donors (Lipinski definition) is 0. The molecule has 0 unspecified atom stereocenters. The minimum Gasteiger partial charge on any atom is -0.488 e. The predicted molar refractivity (Wildman–Crippen MR) is 92.8 cm³/mol. The molecule has 0 atom stereocenters. The van der Waals surface area contributed by atoms with Gasteiger partial charge in [0.1, 0.15) is 18.1 Å². The normalized spacial score (nSPS) is 14.7. The smallest absolute Gasteiger partial charge is 0.237 e. The SMILES string of the molecule is O=C1C(=Cc2ccc(Oc3cnccn3)cc2)COc2ccccc21. The van der Waals surface area contributed by atoms with Gasteiger partial charge < -0.3 is 9.47 Å². The van der Waals surface area contributed by atoms with Crippen molar-refractivity contribution in [2.75, 3.05) is 6.61 Å². The van der Waals surface area contributed by atoms with Gasteiger partial charge >= 0.3 is 0 Å². The van der Waals surface area contributed by atoms with Crippen molar-refractivity contribution in [3.05, 3.63) is 83.8 Å². The van der Waals surface area contributed by atoms with E-state index in [1.807, 2.05) is 48.5 Å². The molecule has 25 heavy (non-hydrogen) atoms. The van der Waals surface area contributed by atoms with E-state index in [1.54, 1.807) is 24.7 Å². The second-order valence-electron chi connectivity index (χ2n) is 5.50. The molecule has 5 nitrogen and oxygen atoms in total. The lowest BCUT2D eigenvalue weighted by atomic mass is 9.98. The Hall–Kier alpha value is -3.47. The molecule has 0 saturated carbocycles. The Kier molecular flexibility index (Phi) is 3.96. The highest BCUT2D eigenvalue weighted by atomic mass is 16.5. The van der Waals surface area contributed by atoms with Crippen LogP contribution >= 0.6 is 0 Å². The van der Waals surface area contributed by atoms with Crippen molar-refractivity contribution in [3.8, 4) is 17.4 Å². The molecule has 0 bridgehead atoms. The third-order valence-corrected chi connectivity index (χ3v) is 3.79. The van der Waals surface area contributed by atoms with Gasteiger partial charge in [-0.3, -0.25) is 9.78 Å². The number of fused-ring (bicyclic) bond motifs is 1. The summed E-state index contributed by atoms with van der Waals surface area (Å²) in [5.41, 5.74) is 2.13. The van der Waals surface area contributed by atoms with Crippen LogP contribution in [-0.2, 0) is 0 Å². The fourth-order valence-corrected chi connectivity index (χ4v) is 2.57. The quantitative estimate of drug-likeness (QED) is 0.681. The summed E-state index contributed by atoms with van der Waals surface area (Å²) in [7, 11) is 0. The number of benzene rings is 2. The molecule has 0 N–H and O–H groups in total. The Balaban J connectivity index is 1.53. The summed E-state index contributed by atoms with van der Waals surface area (Å²) in [6, 6.07) is 14.7. The summed E-state index contributed by atoms with van der Waals surface area (Å²) < 4.78 is 11.3. The monoisotopic (exact) mass is 330 g/mol. The molecule has 3 aromatic rings. The van der Waals surface area contributed by atoms with Crippen LogP contribution in [0.5, 0.6) is 17.4 Å². The van der Waals surface area contributed by atoms with Crippen molar-refractivity contribution in [3.63, 3.8) is 0 Å². The highest BCUT2D eigenvalue weighted by Gasteiger charge is 2.22. The van der Waals surface area contributed by atoms with E-state index in [-0.39, 0.29) is 12.4 Å². The first-order valence-electron chi connectivity index (χ1n) is 7.81. The van der Waals surface area contributed by atoms with Gasteiger partial charge in [0.15, 0.2) is 5.78 Å². The fraction of sp³-hybridized carbons (Fsp3) is 0.0500. The Morgan fingerprint density at radius 3 is 2.68 bits per heavy atom. The second-order valence-corrected chi connectivity index (χ2v) is 5.50. The van der Waals surface area contributed by atoms with Crippen molar-refractivity contribution in [1.29, 1.82) is 0 Å². The lowest BCUT2D eigenvalue weighted by Crippen LogP contribution is -2.18. The first-order valence-corrected chi connectivity index (χ1v) is 7.81. The van der Waals surface area contributed by atoms with Crippen LogP contribution in [-0.4, -0.2) is 22.4 Å². The number of nitrogens with zero attached hydrogens (tertiary/aromatic N) is 2. The summed E-state index contributed by atoms with van der Waals surface area (Å²) in [6.07, 6.45) is 6.54. The summed E-state index contributed by atoms with van der Waals surface area (Å²) in [6.45, 7) is 0.272. The van der Waals surface area contributed by atoms with E-state index in [2.05, 4.69) is 9.97 Å². The number of rotatable bonds is 3. The fourth-order valence-electron chi connectivity index (χ4n) is 2.57. The summed E-state index contributed by atoms with van der Waals surface area (Å²) >= 11 is 0. The Labute approximate surface area is 144 Å². The molecule has 1 aliphatic heterocycles. The largest absolute Gasteiger partial charge is 0.488 e. The van der Waals surface area contributed by atoms with Gasteiger partial charge in [-0.1, -0.05) is 24.3 Å². The van der Waals surface area contributed by atoms with E-state index in [1.165, 1.54) is 0 Å². The average molecular weight is 330 g/mol. The zero-order valence-electron chi connectivity index (χ0n) is 13.3. The molecular weight excluding hydrogens is 316 g/mol. The van der Waals surface area contributed by atoms with Gasteiger partial charge in [0, 0.05) is 18.0 Å². The molecule has 1 aromatic heterocycles. The van der Waals surface area contributed by atoms with Crippen LogP contribution < -0.4 is 9.47 Å². The van der Waals surface area contributed by atoms with Gasteiger partial charge in [0.25, 0.3) is 0 Å². The molecule has 0 amide bonds. The van der Waals surface area contributed by atoms with Crippen LogP contribution in [0.15, 0.2) is 72.7 Å². The maximum atomic E-state index is 12.5. The molecule has 2 aromatic carbocycles. The first kappa shape index (κ1) is 15.1. The third kappa shape index (κ3) is 3.26. The molecule has 122 valence electrons. The number of para-hydroxylation sites is 1. The van der Waals surface area contributed by atoms with E-state index >= 15 is 0 Å². The zero-order valence-corrected chi connectivity index (χ0v) is 13.3. The molecule has 0 radical (unpaired) electrons. The maximum absolute atomic E-state index is 12.5. The lowest BCUT2D eigenvalue weighted by molar-refractivity contribution is 0.100. The van der Waals surface area contributed by atoms with Crippen LogP contribution in [0, 0.1) is 0 Å². The molecule has 5 heteroatoms. The minimum atomic E-state index is 0.00161. The zero-order chi connectivity index (χ0) is 17.1. The van der Waals surface area contributed by atoms with Gasteiger partial charge in [0.2, 0.25) is 5.88 Å². The number of ether oxygens (including phenoxy) is 2. The number of hydrogen-bond acceptors (Lipinski definition) is 5. The molecule has 4 rings (SSSR count). The van der Waals surface area contributed by atoms with E-state index in [0.717, 1.165) is 5.56 Å². The number of Topliss-reactive ketones (excluding diaryl/α,β-unsaturated/α-hetero) is 1. The second kappa shape index (κ2) is 6.57. The van der Waals surface area contributed by atoms with E-state index in [9.17, 15) is 4.79 Å². The van der Waals surface area contributed by atoms with E-state index < -0.39 is 0 Å². The van der Waals surface area contributed by atoms with Gasteiger partial charge in [-0.25, -0.2) is 4.98 Å². The number of ketones is 1. The van der Waals surface area contributed by atoms with Crippen molar-refractivity contribution < 1.29 is 14.3 Å². The van der Waals surface area contributed by atoms with Crippen LogP contribution in [0.1, 0.15) is 15.9 Å². The number of carbonyl (C=O) groups is 1. The van der Waals surface area contributed by atoms with E-state index in [0.29, 0.717) is 28.5 Å². The summed E-state index contributed by atoms with van der Waals surface area (Å²) in [5.74, 6) is 1.72.